The third-order valence-corrected chi connectivity index (χ3v) is 4.93. The molecule has 1 N–H and O–H groups in total. The van der Waals surface area contributed by atoms with Crippen LogP contribution in [0.15, 0.2) is 28.8 Å². The van der Waals surface area contributed by atoms with Crippen LogP contribution in [0, 0.1) is 0 Å². The van der Waals surface area contributed by atoms with Crippen LogP contribution in [0.2, 0.25) is 5.02 Å². The van der Waals surface area contributed by atoms with Gasteiger partial charge in [0.05, 0.1) is 0 Å². The Bertz CT molecular complexity index is 711. The fraction of sp³-hybridized carbons (Fsp3) is 0.526. The highest BCUT2D eigenvalue weighted by Crippen LogP contribution is 2.25. The van der Waals surface area contributed by atoms with Crippen molar-refractivity contribution in [2.75, 3.05) is 6.54 Å². The lowest BCUT2D eigenvalue weighted by atomic mass is 9.94. The van der Waals surface area contributed by atoms with Gasteiger partial charge in [0.25, 0.3) is 0 Å². The molecule has 1 aromatic carbocycles. The second-order valence-electron chi connectivity index (χ2n) is 6.67. The number of aromatic nitrogens is 2. The molecular formula is C19H25ClN4O2. The molecular weight excluding hydrogens is 352 g/mol. The van der Waals surface area contributed by atoms with Crippen LogP contribution in [0.25, 0.3) is 11.4 Å². The fourth-order valence-corrected chi connectivity index (χ4v) is 3.40. The first-order chi connectivity index (χ1) is 12.7. The minimum atomic E-state index is -0.0509. The minimum absolute atomic E-state index is 0.0509. The Balaban J connectivity index is 1.73. The van der Waals surface area contributed by atoms with Crippen molar-refractivity contribution in [2.45, 2.75) is 58.0 Å². The van der Waals surface area contributed by atoms with Crippen LogP contribution < -0.4 is 5.32 Å². The van der Waals surface area contributed by atoms with Crippen molar-refractivity contribution < 1.29 is 9.32 Å². The van der Waals surface area contributed by atoms with Crippen molar-refractivity contribution in [3.8, 4) is 11.4 Å². The van der Waals surface area contributed by atoms with Crippen LogP contribution in [-0.4, -0.2) is 33.7 Å². The molecule has 1 fully saturated rings. The van der Waals surface area contributed by atoms with E-state index in [1.165, 1.54) is 6.42 Å². The van der Waals surface area contributed by atoms with E-state index < -0.39 is 0 Å². The van der Waals surface area contributed by atoms with Crippen LogP contribution in [-0.2, 0) is 6.54 Å². The zero-order chi connectivity index (χ0) is 18.4. The van der Waals surface area contributed by atoms with Crippen molar-refractivity contribution in [3.05, 3.63) is 35.2 Å². The number of benzene rings is 1. The predicted molar refractivity (Wildman–Crippen MR) is 101 cm³/mol. The molecule has 1 aliphatic rings. The van der Waals surface area contributed by atoms with Gasteiger partial charge in [-0.25, -0.2) is 4.79 Å². The summed E-state index contributed by atoms with van der Waals surface area (Å²) in [6.07, 6.45) is 6.51. The summed E-state index contributed by atoms with van der Waals surface area (Å²) in [6, 6.07) is 7.46. The summed E-state index contributed by atoms with van der Waals surface area (Å²) < 4.78 is 5.41. The van der Waals surface area contributed by atoms with Gasteiger partial charge in [-0.2, -0.15) is 4.98 Å². The third-order valence-electron chi connectivity index (χ3n) is 4.68. The van der Waals surface area contributed by atoms with Crippen LogP contribution in [0.1, 0.15) is 51.3 Å². The highest BCUT2D eigenvalue weighted by molar-refractivity contribution is 6.30. The third kappa shape index (κ3) is 4.75. The summed E-state index contributed by atoms with van der Waals surface area (Å²) in [5.41, 5.74) is 0.837. The minimum Gasteiger partial charge on any atom is -0.338 e. The van der Waals surface area contributed by atoms with E-state index in [0.29, 0.717) is 29.8 Å². The van der Waals surface area contributed by atoms with E-state index in [4.69, 9.17) is 16.1 Å². The molecule has 0 unspecified atom stereocenters. The van der Waals surface area contributed by atoms with Gasteiger partial charge in [0.1, 0.15) is 6.54 Å². The highest BCUT2D eigenvalue weighted by Gasteiger charge is 2.27. The summed E-state index contributed by atoms with van der Waals surface area (Å²) in [6.45, 7) is 3.05. The second-order valence-corrected chi connectivity index (χ2v) is 7.11. The monoisotopic (exact) mass is 376 g/mol. The summed E-state index contributed by atoms with van der Waals surface area (Å²) in [4.78, 5) is 19.0. The smallest absolute Gasteiger partial charge is 0.318 e. The molecule has 6 nitrogen and oxygen atoms in total. The number of rotatable bonds is 6. The molecule has 7 heteroatoms. The zero-order valence-electron chi connectivity index (χ0n) is 15.1. The SMILES string of the molecule is CCCNC(=O)N(Cc1nc(-c2ccc(Cl)cc2)no1)C1CCCCC1. The van der Waals surface area contributed by atoms with E-state index in [1.54, 1.807) is 12.1 Å². The van der Waals surface area contributed by atoms with E-state index in [0.717, 1.165) is 37.7 Å². The van der Waals surface area contributed by atoms with Crippen LogP contribution in [0.3, 0.4) is 0 Å². The summed E-state index contributed by atoms with van der Waals surface area (Å²) >= 11 is 5.92. The number of halogens is 1. The Hall–Kier alpha value is -2.08. The molecule has 0 bridgehead atoms. The quantitative estimate of drug-likeness (QED) is 0.796. The first kappa shape index (κ1) is 18.7. The van der Waals surface area contributed by atoms with Crippen molar-refractivity contribution >= 4 is 17.6 Å². The lowest BCUT2D eigenvalue weighted by Crippen LogP contribution is -2.46. The van der Waals surface area contributed by atoms with Gasteiger partial charge in [-0.1, -0.05) is 42.9 Å². The maximum atomic E-state index is 12.6. The normalized spacial score (nSPS) is 15.0. The molecule has 26 heavy (non-hydrogen) atoms. The maximum absolute atomic E-state index is 12.6. The van der Waals surface area contributed by atoms with Gasteiger partial charge in [-0.3, -0.25) is 0 Å². The van der Waals surface area contributed by atoms with E-state index in [1.807, 2.05) is 24.0 Å². The van der Waals surface area contributed by atoms with Gasteiger partial charge in [-0.15, -0.1) is 0 Å². The van der Waals surface area contributed by atoms with Gasteiger partial charge in [0, 0.05) is 23.2 Å². The average Bonchev–Trinajstić information content (AvgIpc) is 3.14. The Kier molecular flexibility index (Phi) is 6.50. The number of nitrogens with zero attached hydrogens (tertiary/aromatic N) is 3. The molecule has 1 aliphatic carbocycles. The number of amides is 2. The average molecular weight is 377 g/mol. The summed E-state index contributed by atoms with van der Waals surface area (Å²) in [5.74, 6) is 0.960. The Morgan fingerprint density at radius 2 is 2.00 bits per heavy atom. The molecule has 0 spiro atoms. The Labute approximate surface area is 158 Å². The number of carbonyl (C=O) groups is 1. The molecule has 0 saturated heterocycles. The lowest BCUT2D eigenvalue weighted by Gasteiger charge is -2.33. The van der Waals surface area contributed by atoms with Gasteiger partial charge in [0.2, 0.25) is 11.7 Å². The number of hydrogen-bond donors (Lipinski definition) is 1. The Morgan fingerprint density at radius 3 is 2.69 bits per heavy atom. The summed E-state index contributed by atoms with van der Waals surface area (Å²) in [7, 11) is 0. The van der Waals surface area contributed by atoms with E-state index in [2.05, 4.69) is 15.5 Å². The fourth-order valence-electron chi connectivity index (χ4n) is 3.27. The first-order valence-electron chi connectivity index (χ1n) is 9.30. The number of nitrogens with one attached hydrogen (secondary N) is 1. The first-order valence-corrected chi connectivity index (χ1v) is 9.68. The van der Waals surface area contributed by atoms with Crippen molar-refractivity contribution in [1.29, 1.82) is 0 Å². The van der Waals surface area contributed by atoms with Gasteiger partial charge >= 0.3 is 6.03 Å². The van der Waals surface area contributed by atoms with Gasteiger partial charge in [0.15, 0.2) is 0 Å². The highest BCUT2D eigenvalue weighted by atomic mass is 35.5. The predicted octanol–water partition coefficient (Wildman–Crippen LogP) is 4.64. The van der Waals surface area contributed by atoms with Crippen LogP contribution in [0.4, 0.5) is 4.79 Å². The number of hydrogen-bond acceptors (Lipinski definition) is 4. The van der Waals surface area contributed by atoms with E-state index in [9.17, 15) is 4.79 Å². The molecule has 2 amide bonds. The molecule has 2 aromatic rings. The van der Waals surface area contributed by atoms with Crippen LogP contribution >= 0.6 is 11.6 Å². The maximum Gasteiger partial charge on any atom is 0.318 e. The standard InChI is InChI=1S/C19H25ClN4O2/c1-2-12-21-19(25)24(16-6-4-3-5-7-16)13-17-22-18(23-26-17)14-8-10-15(20)11-9-14/h8-11,16H,2-7,12-13H2,1H3,(H,21,25). The lowest BCUT2D eigenvalue weighted by molar-refractivity contribution is 0.141. The number of carbonyl (C=O) groups excluding carboxylic acids is 1. The Morgan fingerprint density at radius 1 is 1.27 bits per heavy atom. The summed E-state index contributed by atoms with van der Waals surface area (Å²) in [5, 5.41) is 7.69. The van der Waals surface area contributed by atoms with Gasteiger partial charge in [-0.05, 0) is 43.5 Å². The zero-order valence-corrected chi connectivity index (χ0v) is 15.8. The molecule has 1 heterocycles. The molecule has 140 valence electrons. The van der Waals surface area contributed by atoms with Crippen LogP contribution in [0.5, 0.6) is 0 Å². The van der Waals surface area contributed by atoms with Crippen molar-refractivity contribution in [1.82, 2.24) is 20.4 Å². The molecule has 0 aliphatic heterocycles. The van der Waals surface area contributed by atoms with Crippen molar-refractivity contribution in [2.24, 2.45) is 0 Å². The molecule has 1 aromatic heterocycles. The van der Waals surface area contributed by atoms with Gasteiger partial charge < -0.3 is 14.7 Å². The molecule has 3 rings (SSSR count). The molecule has 0 atom stereocenters. The number of urea groups is 1. The van der Waals surface area contributed by atoms with E-state index >= 15 is 0 Å². The molecule has 1 saturated carbocycles. The molecule has 0 radical (unpaired) electrons. The van der Waals surface area contributed by atoms with Crippen molar-refractivity contribution in [3.63, 3.8) is 0 Å². The van der Waals surface area contributed by atoms with E-state index in [-0.39, 0.29) is 12.1 Å². The topological polar surface area (TPSA) is 71.3 Å². The second kappa shape index (κ2) is 9.03. The largest absolute Gasteiger partial charge is 0.338 e.